The monoisotopic (exact) mass is 407 g/mol. The Labute approximate surface area is 177 Å². The summed E-state index contributed by atoms with van der Waals surface area (Å²) in [5, 5.41) is 13.9. The van der Waals surface area contributed by atoms with Gasteiger partial charge in [0.05, 0.1) is 5.92 Å². The number of phenolic OH excluding ortho intramolecular Hbond substituents is 1. The van der Waals surface area contributed by atoms with Gasteiger partial charge in [0.2, 0.25) is 5.91 Å². The number of aromatic hydroxyl groups is 1. The topological polar surface area (TPSA) is 49.3 Å². The highest BCUT2D eigenvalue weighted by Gasteiger charge is 2.25. The summed E-state index contributed by atoms with van der Waals surface area (Å²) in [6.07, 6.45) is 0. The standard InChI is InChI=1S/C25H26ClNO2/c1-25(2,3)19-11-9-17(10-12-19)16-27-24(29)23(18-7-5-4-6-8-18)21-15-20(26)13-14-22(21)28/h4-15,23,28H,16H2,1-3H3,(H,27,29). The lowest BCUT2D eigenvalue weighted by atomic mass is 9.86. The number of halogens is 1. The Morgan fingerprint density at radius 3 is 2.28 bits per heavy atom. The van der Waals surface area contributed by atoms with E-state index in [1.54, 1.807) is 12.1 Å². The van der Waals surface area contributed by atoms with Gasteiger partial charge in [-0.3, -0.25) is 4.79 Å². The first-order chi connectivity index (χ1) is 13.8. The Morgan fingerprint density at radius 2 is 1.66 bits per heavy atom. The molecule has 0 bridgehead atoms. The molecule has 0 saturated carbocycles. The van der Waals surface area contributed by atoms with E-state index in [-0.39, 0.29) is 17.1 Å². The lowest BCUT2D eigenvalue weighted by molar-refractivity contribution is -0.121. The van der Waals surface area contributed by atoms with Gasteiger partial charge in [-0.15, -0.1) is 0 Å². The first-order valence-electron chi connectivity index (χ1n) is 9.66. The fourth-order valence-corrected chi connectivity index (χ4v) is 3.47. The van der Waals surface area contributed by atoms with Gasteiger partial charge in [-0.25, -0.2) is 0 Å². The van der Waals surface area contributed by atoms with Crippen LogP contribution < -0.4 is 5.32 Å². The van der Waals surface area contributed by atoms with E-state index in [4.69, 9.17) is 11.6 Å². The van der Waals surface area contributed by atoms with Gasteiger partial charge in [-0.2, -0.15) is 0 Å². The van der Waals surface area contributed by atoms with Crippen molar-refractivity contribution in [2.75, 3.05) is 0 Å². The maximum absolute atomic E-state index is 13.1. The van der Waals surface area contributed by atoms with E-state index >= 15 is 0 Å². The highest BCUT2D eigenvalue weighted by Crippen LogP contribution is 2.33. The molecule has 150 valence electrons. The van der Waals surface area contributed by atoms with Crippen LogP contribution in [0, 0.1) is 0 Å². The Hall–Kier alpha value is -2.78. The van der Waals surface area contributed by atoms with Gasteiger partial charge in [0.1, 0.15) is 5.75 Å². The average molecular weight is 408 g/mol. The third-order valence-electron chi connectivity index (χ3n) is 4.98. The number of hydrogen-bond acceptors (Lipinski definition) is 2. The largest absolute Gasteiger partial charge is 0.508 e. The van der Waals surface area contributed by atoms with Gasteiger partial charge < -0.3 is 10.4 Å². The molecule has 2 N–H and O–H groups in total. The van der Waals surface area contributed by atoms with Crippen LogP contribution in [0.3, 0.4) is 0 Å². The normalized spacial score (nSPS) is 12.4. The zero-order chi connectivity index (χ0) is 21.0. The highest BCUT2D eigenvalue weighted by molar-refractivity contribution is 6.30. The minimum atomic E-state index is -0.649. The van der Waals surface area contributed by atoms with E-state index in [0.29, 0.717) is 17.1 Å². The fraction of sp³-hybridized carbons (Fsp3) is 0.240. The van der Waals surface area contributed by atoms with Gasteiger partial charge in [0.25, 0.3) is 0 Å². The van der Waals surface area contributed by atoms with Crippen molar-refractivity contribution in [2.45, 2.75) is 38.6 Å². The number of benzene rings is 3. The van der Waals surface area contributed by atoms with Crippen molar-refractivity contribution >= 4 is 17.5 Å². The van der Waals surface area contributed by atoms with Crippen molar-refractivity contribution in [3.63, 3.8) is 0 Å². The van der Waals surface area contributed by atoms with Crippen LogP contribution in [0.2, 0.25) is 5.02 Å². The summed E-state index contributed by atoms with van der Waals surface area (Å²) in [4.78, 5) is 13.1. The van der Waals surface area contributed by atoms with Crippen LogP contribution in [0.4, 0.5) is 0 Å². The molecule has 3 aromatic rings. The van der Waals surface area contributed by atoms with Gasteiger partial charge >= 0.3 is 0 Å². The summed E-state index contributed by atoms with van der Waals surface area (Å²) in [5.41, 5.74) is 3.64. The SMILES string of the molecule is CC(C)(C)c1ccc(CNC(=O)C(c2ccccc2)c2cc(Cl)ccc2O)cc1. The van der Waals surface area contributed by atoms with Gasteiger partial charge in [-0.1, -0.05) is 87.0 Å². The van der Waals surface area contributed by atoms with Crippen LogP contribution in [-0.2, 0) is 16.8 Å². The molecule has 0 saturated heterocycles. The molecule has 0 aromatic heterocycles. The molecule has 0 aliphatic rings. The van der Waals surface area contributed by atoms with E-state index in [1.807, 2.05) is 42.5 Å². The smallest absolute Gasteiger partial charge is 0.232 e. The van der Waals surface area contributed by atoms with Gasteiger partial charge in [0.15, 0.2) is 0 Å². The number of phenols is 1. The molecule has 0 spiro atoms. The lowest BCUT2D eigenvalue weighted by Crippen LogP contribution is -2.29. The molecular formula is C25H26ClNO2. The second-order valence-corrected chi connectivity index (χ2v) is 8.65. The summed E-state index contributed by atoms with van der Waals surface area (Å²) >= 11 is 6.13. The maximum atomic E-state index is 13.1. The van der Waals surface area contributed by atoms with Crippen LogP contribution in [-0.4, -0.2) is 11.0 Å². The molecule has 29 heavy (non-hydrogen) atoms. The molecular weight excluding hydrogens is 382 g/mol. The maximum Gasteiger partial charge on any atom is 0.232 e. The van der Waals surface area contributed by atoms with Crippen molar-refractivity contribution < 1.29 is 9.90 Å². The average Bonchev–Trinajstić information content (AvgIpc) is 2.70. The van der Waals surface area contributed by atoms with Crippen molar-refractivity contribution in [3.05, 3.63) is 100 Å². The fourth-order valence-electron chi connectivity index (χ4n) is 3.29. The molecule has 0 aliphatic carbocycles. The number of hydrogen-bond donors (Lipinski definition) is 2. The summed E-state index contributed by atoms with van der Waals surface area (Å²) in [6, 6.07) is 22.4. The molecule has 1 atom stereocenters. The third kappa shape index (κ3) is 5.18. The molecule has 0 radical (unpaired) electrons. The molecule has 3 nitrogen and oxygen atoms in total. The first kappa shape index (κ1) is 20.9. The molecule has 4 heteroatoms. The Kier molecular flexibility index (Phi) is 6.29. The number of carbonyl (C=O) groups excluding carboxylic acids is 1. The molecule has 3 rings (SSSR count). The third-order valence-corrected chi connectivity index (χ3v) is 5.22. The van der Waals surface area contributed by atoms with Crippen LogP contribution in [0.25, 0.3) is 0 Å². The molecule has 0 fully saturated rings. The minimum absolute atomic E-state index is 0.0490. The minimum Gasteiger partial charge on any atom is -0.508 e. The number of rotatable bonds is 5. The highest BCUT2D eigenvalue weighted by atomic mass is 35.5. The first-order valence-corrected chi connectivity index (χ1v) is 10.0. The lowest BCUT2D eigenvalue weighted by Gasteiger charge is -2.20. The van der Waals surface area contributed by atoms with Crippen molar-refractivity contribution in [3.8, 4) is 5.75 Å². The van der Waals surface area contributed by atoms with E-state index in [1.165, 1.54) is 11.6 Å². The van der Waals surface area contributed by atoms with Crippen LogP contribution in [0.5, 0.6) is 5.75 Å². The molecule has 0 heterocycles. The second-order valence-electron chi connectivity index (χ2n) is 8.21. The predicted molar refractivity (Wildman–Crippen MR) is 118 cm³/mol. The Balaban J connectivity index is 1.83. The molecule has 3 aromatic carbocycles. The van der Waals surface area contributed by atoms with E-state index in [0.717, 1.165) is 11.1 Å². The summed E-state index contributed by atoms with van der Waals surface area (Å²) < 4.78 is 0. The number of nitrogens with one attached hydrogen (secondary N) is 1. The van der Waals surface area contributed by atoms with Gasteiger partial charge in [-0.05, 0) is 40.3 Å². The van der Waals surface area contributed by atoms with Crippen LogP contribution in [0.15, 0.2) is 72.8 Å². The second kappa shape index (κ2) is 8.71. The van der Waals surface area contributed by atoms with Crippen LogP contribution >= 0.6 is 11.6 Å². The van der Waals surface area contributed by atoms with Crippen molar-refractivity contribution in [1.82, 2.24) is 5.32 Å². The number of amides is 1. The van der Waals surface area contributed by atoms with Gasteiger partial charge in [0, 0.05) is 17.1 Å². The van der Waals surface area contributed by atoms with Crippen molar-refractivity contribution in [1.29, 1.82) is 0 Å². The van der Waals surface area contributed by atoms with Crippen LogP contribution in [0.1, 0.15) is 48.9 Å². The Bertz CT molecular complexity index is 976. The van der Waals surface area contributed by atoms with E-state index in [9.17, 15) is 9.90 Å². The van der Waals surface area contributed by atoms with E-state index < -0.39 is 5.92 Å². The van der Waals surface area contributed by atoms with Crippen molar-refractivity contribution in [2.24, 2.45) is 0 Å². The summed E-state index contributed by atoms with van der Waals surface area (Å²) in [5.74, 6) is -0.787. The molecule has 1 amide bonds. The van der Waals surface area contributed by atoms with E-state index in [2.05, 4.69) is 38.2 Å². The Morgan fingerprint density at radius 1 is 1.00 bits per heavy atom. The number of carbonyl (C=O) groups is 1. The summed E-state index contributed by atoms with van der Waals surface area (Å²) in [6.45, 7) is 6.93. The quantitative estimate of drug-likeness (QED) is 0.562. The zero-order valence-corrected chi connectivity index (χ0v) is 17.7. The molecule has 0 aliphatic heterocycles. The zero-order valence-electron chi connectivity index (χ0n) is 16.9. The predicted octanol–water partition coefficient (Wildman–Crippen LogP) is 5.79. The molecule has 1 unspecified atom stereocenters. The summed E-state index contributed by atoms with van der Waals surface area (Å²) in [7, 11) is 0.